The van der Waals surface area contributed by atoms with Crippen molar-refractivity contribution >= 4 is 25.7 Å². The quantitative estimate of drug-likeness (QED) is 0.684. The Balaban J connectivity index is 1.86. The molecule has 0 saturated carbocycles. The first kappa shape index (κ1) is 21.6. The van der Waals surface area contributed by atoms with Crippen LogP contribution in [-0.4, -0.2) is 42.3 Å². The molecule has 158 valence electrons. The molecule has 1 N–H and O–H groups in total. The molecule has 0 spiro atoms. The average molecular weight is 439 g/mol. The molecule has 0 aliphatic carbocycles. The van der Waals surface area contributed by atoms with Gasteiger partial charge in [0.15, 0.2) is 0 Å². The van der Waals surface area contributed by atoms with Crippen LogP contribution in [0.2, 0.25) is 0 Å². The summed E-state index contributed by atoms with van der Waals surface area (Å²) in [4.78, 5) is -0.0503. The third-order valence-corrected chi connectivity index (χ3v) is 8.05. The van der Waals surface area contributed by atoms with E-state index in [-0.39, 0.29) is 22.9 Å². The Kier molecular flexibility index (Phi) is 6.81. The SMILES string of the molecule is CCOc1ccc(N2CCCCS2(=O)=O)cc1S(=O)(=O)NCCc1ccccc1. The molecule has 0 atom stereocenters. The number of ether oxygens (including phenoxy) is 1. The molecule has 1 heterocycles. The first-order chi connectivity index (χ1) is 13.8. The molecule has 0 unspecified atom stereocenters. The third-order valence-electron chi connectivity index (χ3n) is 4.70. The monoisotopic (exact) mass is 438 g/mol. The number of hydrogen-bond donors (Lipinski definition) is 1. The maximum absolute atomic E-state index is 13.0. The summed E-state index contributed by atoms with van der Waals surface area (Å²) < 4.78 is 60.1. The predicted molar refractivity (Wildman–Crippen MR) is 113 cm³/mol. The maximum Gasteiger partial charge on any atom is 0.244 e. The van der Waals surface area contributed by atoms with Crippen molar-refractivity contribution in [1.29, 1.82) is 0 Å². The van der Waals surface area contributed by atoms with Crippen LogP contribution in [-0.2, 0) is 26.5 Å². The van der Waals surface area contributed by atoms with Crippen LogP contribution in [0.5, 0.6) is 5.75 Å². The molecule has 0 radical (unpaired) electrons. The van der Waals surface area contributed by atoms with Crippen molar-refractivity contribution in [1.82, 2.24) is 4.72 Å². The van der Waals surface area contributed by atoms with E-state index in [4.69, 9.17) is 4.74 Å². The summed E-state index contributed by atoms with van der Waals surface area (Å²) in [6.07, 6.45) is 1.90. The second kappa shape index (κ2) is 9.15. The van der Waals surface area contributed by atoms with Gasteiger partial charge in [0.1, 0.15) is 10.6 Å². The Morgan fingerprint density at radius 2 is 1.86 bits per heavy atom. The lowest BCUT2D eigenvalue weighted by Gasteiger charge is -2.28. The van der Waals surface area contributed by atoms with Crippen molar-refractivity contribution in [3.8, 4) is 5.75 Å². The number of sulfonamides is 2. The Morgan fingerprint density at radius 3 is 2.55 bits per heavy atom. The minimum absolute atomic E-state index is 0.0503. The van der Waals surface area contributed by atoms with E-state index in [9.17, 15) is 16.8 Å². The van der Waals surface area contributed by atoms with Gasteiger partial charge in [-0.05, 0) is 49.9 Å². The minimum atomic E-state index is -3.88. The van der Waals surface area contributed by atoms with Crippen LogP contribution in [0.3, 0.4) is 0 Å². The van der Waals surface area contributed by atoms with E-state index in [1.165, 1.54) is 16.4 Å². The summed E-state index contributed by atoms with van der Waals surface area (Å²) in [5.74, 6) is 0.273. The molecule has 9 heteroatoms. The standard InChI is InChI=1S/C20H26N2O5S2/c1-2-27-19-11-10-18(22-14-6-7-15-28(22,23)24)16-20(19)29(25,26)21-13-12-17-8-4-3-5-9-17/h3-5,8-11,16,21H,2,6-7,12-15H2,1H3. The summed E-state index contributed by atoms with van der Waals surface area (Å²) in [6, 6.07) is 14.1. The van der Waals surface area contributed by atoms with Gasteiger partial charge in [-0.2, -0.15) is 0 Å². The number of nitrogens with one attached hydrogen (secondary N) is 1. The summed E-state index contributed by atoms with van der Waals surface area (Å²) in [5, 5.41) is 0. The maximum atomic E-state index is 13.0. The van der Waals surface area contributed by atoms with Crippen LogP contribution in [0.4, 0.5) is 5.69 Å². The van der Waals surface area contributed by atoms with Gasteiger partial charge in [-0.1, -0.05) is 30.3 Å². The molecule has 1 aliphatic rings. The highest BCUT2D eigenvalue weighted by Gasteiger charge is 2.28. The van der Waals surface area contributed by atoms with E-state index in [1.54, 1.807) is 13.0 Å². The normalized spacial score (nSPS) is 16.5. The molecule has 2 aromatic rings. The Labute approximate surface area is 172 Å². The van der Waals surface area contributed by atoms with E-state index in [2.05, 4.69) is 4.72 Å². The fraction of sp³-hybridized carbons (Fsp3) is 0.400. The van der Waals surface area contributed by atoms with E-state index >= 15 is 0 Å². The van der Waals surface area contributed by atoms with Crippen molar-refractivity contribution in [2.75, 3.05) is 29.8 Å². The van der Waals surface area contributed by atoms with Crippen LogP contribution in [0, 0.1) is 0 Å². The van der Waals surface area contributed by atoms with E-state index < -0.39 is 20.0 Å². The molecule has 29 heavy (non-hydrogen) atoms. The summed E-state index contributed by atoms with van der Waals surface area (Å²) in [7, 11) is -7.32. The van der Waals surface area contributed by atoms with Crippen molar-refractivity contribution in [3.63, 3.8) is 0 Å². The van der Waals surface area contributed by atoms with Gasteiger partial charge in [0.2, 0.25) is 20.0 Å². The molecule has 0 amide bonds. The van der Waals surface area contributed by atoms with Crippen LogP contribution in [0.1, 0.15) is 25.3 Å². The average Bonchev–Trinajstić information content (AvgIpc) is 2.69. The lowest BCUT2D eigenvalue weighted by molar-refractivity contribution is 0.331. The van der Waals surface area contributed by atoms with Gasteiger partial charge in [0.05, 0.1) is 18.0 Å². The van der Waals surface area contributed by atoms with E-state index in [0.717, 1.165) is 12.0 Å². The molecule has 7 nitrogen and oxygen atoms in total. The highest BCUT2D eigenvalue weighted by Crippen LogP contribution is 2.32. The van der Waals surface area contributed by atoms with Gasteiger partial charge in [-0.15, -0.1) is 0 Å². The summed E-state index contributed by atoms with van der Waals surface area (Å²) >= 11 is 0. The van der Waals surface area contributed by atoms with Crippen LogP contribution in [0.15, 0.2) is 53.4 Å². The molecule has 1 aliphatic heterocycles. The fourth-order valence-electron chi connectivity index (χ4n) is 3.27. The highest BCUT2D eigenvalue weighted by molar-refractivity contribution is 7.92. The molecule has 1 saturated heterocycles. The lowest BCUT2D eigenvalue weighted by atomic mass is 10.2. The second-order valence-electron chi connectivity index (χ2n) is 6.79. The highest BCUT2D eigenvalue weighted by atomic mass is 32.2. The molecule has 0 aromatic heterocycles. The molecule has 0 bridgehead atoms. The number of hydrogen-bond acceptors (Lipinski definition) is 5. The second-order valence-corrected chi connectivity index (χ2v) is 10.5. The summed E-state index contributed by atoms with van der Waals surface area (Å²) in [6.45, 7) is 2.64. The van der Waals surface area contributed by atoms with Gasteiger partial charge >= 0.3 is 0 Å². The minimum Gasteiger partial charge on any atom is -0.492 e. The van der Waals surface area contributed by atoms with Gasteiger partial charge < -0.3 is 4.74 Å². The Hall–Kier alpha value is -2.10. The Bertz CT molecular complexity index is 1040. The van der Waals surface area contributed by atoms with E-state index in [0.29, 0.717) is 31.7 Å². The summed E-state index contributed by atoms with van der Waals surface area (Å²) in [5.41, 5.74) is 1.37. The topological polar surface area (TPSA) is 92.8 Å². The Morgan fingerprint density at radius 1 is 1.10 bits per heavy atom. The van der Waals surface area contributed by atoms with Crippen molar-refractivity contribution < 1.29 is 21.6 Å². The zero-order valence-corrected chi connectivity index (χ0v) is 18.0. The van der Waals surface area contributed by atoms with Gasteiger partial charge in [0, 0.05) is 13.1 Å². The number of nitrogens with zero attached hydrogens (tertiary/aromatic N) is 1. The van der Waals surface area contributed by atoms with E-state index in [1.807, 2.05) is 30.3 Å². The van der Waals surface area contributed by atoms with Crippen molar-refractivity contribution in [3.05, 3.63) is 54.1 Å². The van der Waals surface area contributed by atoms with Crippen LogP contribution in [0.25, 0.3) is 0 Å². The van der Waals surface area contributed by atoms with Crippen molar-refractivity contribution in [2.24, 2.45) is 0 Å². The third kappa shape index (κ3) is 5.29. The fourth-order valence-corrected chi connectivity index (χ4v) is 6.09. The molecule has 1 fully saturated rings. The van der Waals surface area contributed by atoms with Crippen molar-refractivity contribution in [2.45, 2.75) is 31.1 Å². The zero-order chi connectivity index (χ0) is 20.9. The first-order valence-electron chi connectivity index (χ1n) is 9.64. The van der Waals surface area contributed by atoms with Crippen LogP contribution < -0.4 is 13.8 Å². The number of rotatable bonds is 8. The largest absolute Gasteiger partial charge is 0.492 e. The molecule has 2 aromatic carbocycles. The molecular weight excluding hydrogens is 412 g/mol. The van der Waals surface area contributed by atoms with Gasteiger partial charge in [-0.3, -0.25) is 4.31 Å². The number of anilines is 1. The van der Waals surface area contributed by atoms with Crippen LogP contribution >= 0.6 is 0 Å². The smallest absolute Gasteiger partial charge is 0.244 e. The number of benzene rings is 2. The molecule has 3 rings (SSSR count). The lowest BCUT2D eigenvalue weighted by Crippen LogP contribution is -2.38. The predicted octanol–water partition coefficient (Wildman–Crippen LogP) is 2.54. The van der Waals surface area contributed by atoms with Gasteiger partial charge in [0.25, 0.3) is 0 Å². The first-order valence-corrected chi connectivity index (χ1v) is 12.7. The zero-order valence-electron chi connectivity index (χ0n) is 16.4. The van der Waals surface area contributed by atoms with Gasteiger partial charge in [-0.25, -0.2) is 21.6 Å². The molecular formula is C20H26N2O5S2.